The Morgan fingerprint density at radius 2 is 1.62 bits per heavy atom. The van der Waals surface area contributed by atoms with Crippen LogP contribution in [0.1, 0.15) is 43.9 Å². The molecular weight excluding hydrogens is 450 g/mol. The Morgan fingerprint density at radius 3 is 2.18 bits per heavy atom. The number of hydrogen-bond acceptors (Lipinski definition) is 4. The zero-order chi connectivity index (χ0) is 25.3. The number of rotatable bonds is 7. The Balaban J connectivity index is 2.03. The number of carbonyl (C=O) groups is 2. The van der Waals surface area contributed by atoms with Gasteiger partial charge in [0.2, 0.25) is 21.8 Å². The van der Waals surface area contributed by atoms with Gasteiger partial charge in [-0.05, 0) is 75.4 Å². The van der Waals surface area contributed by atoms with Crippen molar-refractivity contribution in [3.8, 4) is 0 Å². The molecule has 2 aromatic carbocycles. The fourth-order valence-electron chi connectivity index (χ4n) is 4.34. The third-order valence-corrected chi connectivity index (χ3v) is 7.96. The number of anilines is 1. The van der Waals surface area contributed by atoms with Crippen molar-refractivity contribution in [2.75, 3.05) is 24.5 Å². The van der Waals surface area contributed by atoms with E-state index in [1.807, 2.05) is 39.0 Å². The molecule has 7 nitrogen and oxygen atoms in total. The number of benzene rings is 2. The number of hydrogen-bond donors (Lipinski definition) is 1. The van der Waals surface area contributed by atoms with Crippen LogP contribution < -0.4 is 10.2 Å². The van der Waals surface area contributed by atoms with Gasteiger partial charge >= 0.3 is 0 Å². The first kappa shape index (κ1) is 25.9. The summed E-state index contributed by atoms with van der Waals surface area (Å²) in [7, 11) is -3.97. The highest BCUT2D eigenvalue weighted by atomic mass is 32.2. The highest BCUT2D eigenvalue weighted by Crippen LogP contribution is 2.33. The fraction of sp³-hybridized carbons (Fsp3) is 0.462. The highest BCUT2D eigenvalue weighted by molar-refractivity contribution is 7.89. The van der Waals surface area contributed by atoms with Gasteiger partial charge in [0.25, 0.3) is 0 Å². The van der Waals surface area contributed by atoms with Gasteiger partial charge in [-0.25, -0.2) is 8.42 Å². The number of nitrogens with one attached hydrogen (secondary N) is 1. The van der Waals surface area contributed by atoms with Gasteiger partial charge in [-0.15, -0.1) is 0 Å². The maximum Gasteiger partial charge on any atom is 0.247 e. The largest absolute Gasteiger partial charge is 0.354 e. The van der Waals surface area contributed by atoms with Crippen LogP contribution in [-0.2, 0) is 19.6 Å². The lowest BCUT2D eigenvalue weighted by molar-refractivity contribution is -0.132. The molecule has 1 aliphatic rings. The minimum absolute atomic E-state index is 0.105. The first-order chi connectivity index (χ1) is 15.8. The van der Waals surface area contributed by atoms with Gasteiger partial charge in [-0.2, -0.15) is 4.31 Å². The highest BCUT2D eigenvalue weighted by Gasteiger charge is 2.51. The molecule has 0 unspecified atom stereocenters. The quantitative estimate of drug-likeness (QED) is 0.650. The third-order valence-electron chi connectivity index (χ3n) is 6.16. The molecule has 0 aliphatic carbocycles. The van der Waals surface area contributed by atoms with E-state index >= 15 is 0 Å². The minimum atomic E-state index is -3.97. The van der Waals surface area contributed by atoms with E-state index in [0.717, 1.165) is 27.4 Å². The molecule has 34 heavy (non-hydrogen) atoms. The molecule has 0 spiro atoms. The molecule has 184 valence electrons. The normalized spacial score (nSPS) is 19.5. The van der Waals surface area contributed by atoms with Crippen molar-refractivity contribution in [2.45, 2.75) is 58.4 Å². The summed E-state index contributed by atoms with van der Waals surface area (Å²) in [6.45, 7) is 11.5. The van der Waals surface area contributed by atoms with Crippen molar-refractivity contribution in [1.29, 1.82) is 0 Å². The number of carbonyl (C=O) groups excluding carboxylic acids is 2. The van der Waals surface area contributed by atoms with E-state index in [1.165, 1.54) is 17.0 Å². The smallest absolute Gasteiger partial charge is 0.247 e. The molecule has 1 N–H and O–H groups in total. The SMILES string of the molecule is Cc1ccc(S(=O)(=O)N2CC(=O)N(c3cc(C)cc(C)c3)[C@](C)(C(=O)NCCC(C)C)C2)cc1. The second kappa shape index (κ2) is 9.88. The Kier molecular flexibility index (Phi) is 7.53. The van der Waals surface area contributed by atoms with Crippen LogP contribution in [0, 0.1) is 26.7 Å². The summed E-state index contributed by atoms with van der Waals surface area (Å²) < 4.78 is 28.0. The van der Waals surface area contributed by atoms with Crippen LogP contribution in [-0.4, -0.2) is 49.7 Å². The lowest BCUT2D eigenvalue weighted by Crippen LogP contribution is -2.70. The first-order valence-corrected chi connectivity index (χ1v) is 13.0. The van der Waals surface area contributed by atoms with Crippen molar-refractivity contribution in [1.82, 2.24) is 9.62 Å². The topological polar surface area (TPSA) is 86.8 Å². The number of piperazine rings is 1. The summed E-state index contributed by atoms with van der Waals surface area (Å²) in [5, 5.41) is 2.94. The van der Waals surface area contributed by atoms with Gasteiger partial charge in [-0.1, -0.05) is 37.6 Å². The van der Waals surface area contributed by atoms with Gasteiger partial charge in [0.15, 0.2) is 0 Å². The molecular formula is C26H35N3O4S. The standard InChI is InChI=1S/C26H35N3O4S/c1-18(2)11-12-27-25(31)26(6)17-28(34(32,33)23-9-7-19(3)8-10-23)16-24(30)29(26)22-14-20(4)13-21(5)15-22/h7-10,13-15,18H,11-12,16-17H2,1-6H3,(H,27,31)/t26-/m0/s1. The molecule has 1 saturated heterocycles. The van der Waals surface area contributed by atoms with E-state index in [9.17, 15) is 18.0 Å². The van der Waals surface area contributed by atoms with E-state index in [1.54, 1.807) is 19.1 Å². The summed E-state index contributed by atoms with van der Waals surface area (Å²) >= 11 is 0. The van der Waals surface area contributed by atoms with Crippen LogP contribution in [0.25, 0.3) is 0 Å². The zero-order valence-electron chi connectivity index (χ0n) is 20.9. The van der Waals surface area contributed by atoms with Crippen LogP contribution in [0.15, 0.2) is 47.4 Å². The molecule has 1 atom stereocenters. The summed E-state index contributed by atoms with van der Waals surface area (Å²) in [5.41, 5.74) is 2.03. The summed E-state index contributed by atoms with van der Waals surface area (Å²) in [5.74, 6) is -0.409. The van der Waals surface area contributed by atoms with Gasteiger partial charge in [0, 0.05) is 18.8 Å². The molecule has 1 fully saturated rings. The van der Waals surface area contributed by atoms with Crippen molar-refractivity contribution in [3.05, 3.63) is 59.2 Å². The molecule has 0 saturated carbocycles. The number of aryl methyl sites for hydroxylation is 3. The Labute approximate surface area is 203 Å². The van der Waals surface area contributed by atoms with Crippen molar-refractivity contribution < 1.29 is 18.0 Å². The predicted molar refractivity (Wildman–Crippen MR) is 134 cm³/mol. The molecule has 3 rings (SSSR count). The zero-order valence-corrected chi connectivity index (χ0v) is 21.7. The molecule has 1 heterocycles. The van der Waals surface area contributed by atoms with E-state index < -0.39 is 21.5 Å². The average molecular weight is 486 g/mol. The molecule has 2 amide bonds. The van der Waals surface area contributed by atoms with Gasteiger partial charge in [0.05, 0.1) is 11.4 Å². The van der Waals surface area contributed by atoms with Crippen LogP contribution >= 0.6 is 0 Å². The van der Waals surface area contributed by atoms with Crippen molar-refractivity contribution in [3.63, 3.8) is 0 Å². The summed E-state index contributed by atoms with van der Waals surface area (Å²) in [4.78, 5) is 28.6. The Hall–Kier alpha value is -2.71. The number of sulfonamides is 1. The number of amides is 2. The molecule has 0 radical (unpaired) electrons. The Bertz CT molecular complexity index is 1150. The predicted octanol–water partition coefficient (Wildman–Crippen LogP) is 3.57. The lowest BCUT2D eigenvalue weighted by atomic mass is 9.93. The van der Waals surface area contributed by atoms with Crippen LogP contribution in [0.3, 0.4) is 0 Å². The van der Waals surface area contributed by atoms with Crippen LogP contribution in [0.4, 0.5) is 5.69 Å². The summed E-state index contributed by atoms with van der Waals surface area (Å²) in [6.07, 6.45) is 0.782. The molecule has 0 aromatic heterocycles. The maximum atomic E-state index is 13.5. The first-order valence-electron chi connectivity index (χ1n) is 11.6. The van der Waals surface area contributed by atoms with Crippen LogP contribution in [0.2, 0.25) is 0 Å². The Morgan fingerprint density at radius 1 is 1.03 bits per heavy atom. The summed E-state index contributed by atoms with van der Waals surface area (Å²) in [6, 6.07) is 12.2. The third kappa shape index (κ3) is 5.33. The van der Waals surface area contributed by atoms with Crippen molar-refractivity contribution in [2.24, 2.45) is 5.92 Å². The molecule has 1 aliphatic heterocycles. The molecule has 2 aromatic rings. The van der Waals surface area contributed by atoms with Gasteiger partial charge in [0.1, 0.15) is 5.54 Å². The fourth-order valence-corrected chi connectivity index (χ4v) is 5.82. The second-order valence-electron chi connectivity index (χ2n) is 9.87. The minimum Gasteiger partial charge on any atom is -0.354 e. The van der Waals surface area contributed by atoms with E-state index in [0.29, 0.717) is 18.2 Å². The second-order valence-corrected chi connectivity index (χ2v) is 11.8. The van der Waals surface area contributed by atoms with E-state index in [4.69, 9.17) is 0 Å². The molecule has 8 heteroatoms. The van der Waals surface area contributed by atoms with E-state index in [-0.39, 0.29) is 23.9 Å². The lowest BCUT2D eigenvalue weighted by Gasteiger charge is -2.46. The van der Waals surface area contributed by atoms with Crippen LogP contribution in [0.5, 0.6) is 0 Å². The monoisotopic (exact) mass is 485 g/mol. The average Bonchev–Trinajstić information content (AvgIpc) is 2.72. The maximum absolute atomic E-state index is 13.5. The van der Waals surface area contributed by atoms with Crippen molar-refractivity contribution >= 4 is 27.5 Å². The van der Waals surface area contributed by atoms with E-state index in [2.05, 4.69) is 19.2 Å². The number of nitrogens with zero attached hydrogens (tertiary/aromatic N) is 2. The van der Waals surface area contributed by atoms with Gasteiger partial charge < -0.3 is 5.32 Å². The van der Waals surface area contributed by atoms with Gasteiger partial charge in [-0.3, -0.25) is 14.5 Å². The molecule has 0 bridgehead atoms.